The Labute approximate surface area is 111 Å². The number of aromatic nitrogens is 2. The van der Waals surface area contributed by atoms with Crippen LogP contribution in [0, 0.1) is 5.82 Å². The van der Waals surface area contributed by atoms with Gasteiger partial charge in [-0.1, -0.05) is 18.2 Å². The van der Waals surface area contributed by atoms with E-state index in [1.54, 1.807) is 25.1 Å². The van der Waals surface area contributed by atoms with Crippen LogP contribution in [0.4, 0.5) is 4.39 Å². The molecule has 0 spiro atoms. The second-order valence-electron chi connectivity index (χ2n) is 4.13. The van der Waals surface area contributed by atoms with E-state index < -0.39 is 21.9 Å². The van der Waals surface area contributed by atoms with E-state index in [4.69, 9.17) is 0 Å². The van der Waals surface area contributed by atoms with Gasteiger partial charge >= 0.3 is 0 Å². The van der Waals surface area contributed by atoms with Gasteiger partial charge in [-0.25, -0.2) is 17.8 Å². The van der Waals surface area contributed by atoms with Crippen LogP contribution in [-0.2, 0) is 10.0 Å². The first-order valence-electron chi connectivity index (χ1n) is 5.65. The van der Waals surface area contributed by atoms with E-state index in [2.05, 4.69) is 9.97 Å². The average molecular weight is 283 g/mol. The van der Waals surface area contributed by atoms with Gasteiger partial charge in [-0.2, -0.15) is 4.31 Å². The van der Waals surface area contributed by atoms with Gasteiger partial charge in [-0.3, -0.25) is 0 Å². The Hall–Kier alpha value is -1.73. The summed E-state index contributed by atoms with van der Waals surface area (Å²) < 4.78 is 39.3. The van der Waals surface area contributed by atoms with E-state index in [1.165, 1.54) is 25.6 Å². The lowest BCUT2D eigenvalue weighted by Crippen LogP contribution is -2.30. The summed E-state index contributed by atoms with van der Waals surface area (Å²) in [7, 11) is -2.30. The minimum absolute atomic E-state index is 0.0156. The van der Waals surface area contributed by atoms with Gasteiger partial charge in [-0.15, -0.1) is 0 Å². The molecule has 0 aliphatic rings. The third-order valence-electron chi connectivity index (χ3n) is 3.03. The number of imidazole rings is 1. The molecule has 0 saturated carbocycles. The number of halogens is 1. The molecule has 7 heteroatoms. The minimum Gasteiger partial charge on any atom is -0.335 e. The number of hydrogen-bond donors (Lipinski definition) is 1. The maximum Gasteiger partial charge on any atom is 0.260 e. The summed E-state index contributed by atoms with van der Waals surface area (Å²) in [5, 5.41) is -0.0156. The predicted octanol–water partition coefficient (Wildman–Crippen LogP) is 1.93. The van der Waals surface area contributed by atoms with Gasteiger partial charge in [0, 0.05) is 18.7 Å². The van der Waals surface area contributed by atoms with Crippen LogP contribution < -0.4 is 0 Å². The zero-order chi connectivity index (χ0) is 14.0. The Kier molecular flexibility index (Phi) is 3.68. The molecule has 0 saturated heterocycles. The van der Waals surface area contributed by atoms with Crippen molar-refractivity contribution in [3.63, 3.8) is 0 Å². The van der Waals surface area contributed by atoms with Crippen molar-refractivity contribution in [3.05, 3.63) is 48.2 Å². The van der Waals surface area contributed by atoms with Crippen molar-refractivity contribution in [2.45, 2.75) is 18.0 Å². The van der Waals surface area contributed by atoms with Gasteiger partial charge in [0.25, 0.3) is 10.0 Å². The summed E-state index contributed by atoms with van der Waals surface area (Å²) in [4.78, 5) is 6.23. The molecule has 2 rings (SSSR count). The van der Waals surface area contributed by atoms with Crippen LogP contribution in [0.5, 0.6) is 0 Å². The molecule has 0 radical (unpaired) electrons. The van der Waals surface area contributed by atoms with Crippen molar-refractivity contribution in [1.82, 2.24) is 14.3 Å². The normalized spacial score (nSPS) is 13.7. The van der Waals surface area contributed by atoms with Gasteiger partial charge in [0.05, 0.1) is 12.5 Å². The molecule has 1 aromatic heterocycles. The number of H-pyrrole nitrogens is 1. The molecule has 0 amide bonds. The first kappa shape index (κ1) is 13.7. The van der Waals surface area contributed by atoms with Crippen molar-refractivity contribution >= 4 is 10.0 Å². The Morgan fingerprint density at radius 2 is 2.05 bits per heavy atom. The number of benzene rings is 1. The zero-order valence-corrected chi connectivity index (χ0v) is 11.4. The summed E-state index contributed by atoms with van der Waals surface area (Å²) in [6.45, 7) is 1.63. The molecule has 0 aliphatic carbocycles. The fourth-order valence-corrected chi connectivity index (χ4v) is 2.99. The summed E-state index contributed by atoms with van der Waals surface area (Å²) in [6.07, 6.45) is 2.51. The third kappa shape index (κ3) is 2.52. The quantitative estimate of drug-likeness (QED) is 0.932. The standard InChI is InChI=1S/C12H14FN3O2S/c1-9(10-5-3-4-6-11(10)13)16(2)19(17,18)12-7-14-8-15-12/h3-9H,1-2H3,(H,14,15). The molecule has 5 nitrogen and oxygen atoms in total. The number of nitrogens with zero attached hydrogens (tertiary/aromatic N) is 2. The van der Waals surface area contributed by atoms with Crippen molar-refractivity contribution < 1.29 is 12.8 Å². The molecule has 19 heavy (non-hydrogen) atoms. The first-order valence-corrected chi connectivity index (χ1v) is 7.09. The van der Waals surface area contributed by atoms with Crippen LogP contribution in [0.1, 0.15) is 18.5 Å². The molecule has 1 heterocycles. The van der Waals surface area contributed by atoms with E-state index >= 15 is 0 Å². The molecule has 2 aromatic rings. The Morgan fingerprint density at radius 1 is 1.37 bits per heavy atom. The highest BCUT2D eigenvalue weighted by molar-refractivity contribution is 7.89. The van der Waals surface area contributed by atoms with Gasteiger partial charge in [-0.05, 0) is 13.0 Å². The molecule has 1 atom stereocenters. The third-order valence-corrected chi connectivity index (χ3v) is 4.88. The zero-order valence-electron chi connectivity index (χ0n) is 10.5. The molecule has 1 N–H and O–H groups in total. The predicted molar refractivity (Wildman–Crippen MR) is 68.4 cm³/mol. The monoisotopic (exact) mass is 283 g/mol. The molecule has 102 valence electrons. The maximum atomic E-state index is 13.7. The van der Waals surface area contributed by atoms with E-state index in [0.29, 0.717) is 5.56 Å². The van der Waals surface area contributed by atoms with Gasteiger partial charge in [0.1, 0.15) is 5.82 Å². The summed E-state index contributed by atoms with van der Waals surface area (Å²) in [6, 6.07) is 5.50. The number of sulfonamides is 1. The molecule has 0 aliphatic heterocycles. The van der Waals surface area contributed by atoms with Gasteiger partial charge in [0.15, 0.2) is 5.03 Å². The van der Waals surface area contributed by atoms with Crippen molar-refractivity contribution in [1.29, 1.82) is 0 Å². The van der Waals surface area contributed by atoms with Crippen molar-refractivity contribution in [2.75, 3.05) is 7.05 Å². The van der Waals surface area contributed by atoms with Crippen LogP contribution in [0.3, 0.4) is 0 Å². The minimum atomic E-state index is -3.71. The lowest BCUT2D eigenvalue weighted by molar-refractivity contribution is 0.386. The fraction of sp³-hybridized carbons (Fsp3) is 0.250. The van der Waals surface area contributed by atoms with Gasteiger partial charge in [0.2, 0.25) is 0 Å². The number of aromatic amines is 1. The molecule has 1 unspecified atom stereocenters. The molecular weight excluding hydrogens is 269 g/mol. The highest BCUT2D eigenvalue weighted by Crippen LogP contribution is 2.26. The Balaban J connectivity index is 2.35. The smallest absolute Gasteiger partial charge is 0.260 e. The van der Waals surface area contributed by atoms with Crippen LogP contribution >= 0.6 is 0 Å². The largest absolute Gasteiger partial charge is 0.335 e. The van der Waals surface area contributed by atoms with E-state index in [-0.39, 0.29) is 5.03 Å². The Morgan fingerprint density at radius 3 is 2.63 bits per heavy atom. The van der Waals surface area contributed by atoms with E-state index in [9.17, 15) is 12.8 Å². The first-order chi connectivity index (χ1) is 8.94. The average Bonchev–Trinajstić information content (AvgIpc) is 2.92. The van der Waals surface area contributed by atoms with Crippen LogP contribution in [-0.4, -0.2) is 29.7 Å². The van der Waals surface area contributed by atoms with Crippen LogP contribution in [0.25, 0.3) is 0 Å². The summed E-state index contributed by atoms with van der Waals surface area (Å²) in [5.74, 6) is -0.429. The molecule has 1 aromatic carbocycles. The van der Waals surface area contributed by atoms with E-state index in [0.717, 1.165) is 4.31 Å². The number of hydrogen-bond acceptors (Lipinski definition) is 3. The molecule has 0 bridgehead atoms. The summed E-state index contributed by atoms with van der Waals surface area (Å²) >= 11 is 0. The SMILES string of the molecule is CC(c1ccccc1F)N(C)S(=O)(=O)c1cnc[nH]1. The summed E-state index contributed by atoms with van der Waals surface area (Å²) in [5.41, 5.74) is 0.327. The van der Waals surface area contributed by atoms with E-state index in [1.807, 2.05) is 0 Å². The van der Waals surface area contributed by atoms with Crippen molar-refractivity contribution in [3.8, 4) is 0 Å². The molecular formula is C12H14FN3O2S. The highest BCUT2D eigenvalue weighted by atomic mass is 32.2. The fourth-order valence-electron chi connectivity index (χ4n) is 1.76. The Bertz CT molecular complexity index is 655. The second kappa shape index (κ2) is 5.10. The lowest BCUT2D eigenvalue weighted by atomic mass is 10.1. The number of rotatable bonds is 4. The van der Waals surface area contributed by atoms with Crippen molar-refractivity contribution in [2.24, 2.45) is 0 Å². The number of nitrogens with one attached hydrogen (secondary N) is 1. The molecule has 0 fully saturated rings. The maximum absolute atomic E-state index is 13.7. The topological polar surface area (TPSA) is 66.1 Å². The van der Waals surface area contributed by atoms with Crippen LogP contribution in [0.15, 0.2) is 41.8 Å². The lowest BCUT2D eigenvalue weighted by Gasteiger charge is -2.24. The second-order valence-corrected chi connectivity index (χ2v) is 6.10. The van der Waals surface area contributed by atoms with Crippen LogP contribution in [0.2, 0.25) is 0 Å². The van der Waals surface area contributed by atoms with Gasteiger partial charge < -0.3 is 4.98 Å². The highest BCUT2D eigenvalue weighted by Gasteiger charge is 2.28.